The minimum absolute atomic E-state index is 0.0615. The minimum Gasteiger partial charge on any atom is -0.508 e. The first-order valence-electron chi connectivity index (χ1n) is 9.89. The summed E-state index contributed by atoms with van der Waals surface area (Å²) in [5.41, 5.74) is 1.78. The van der Waals surface area contributed by atoms with Gasteiger partial charge in [-0.2, -0.15) is 0 Å². The lowest BCUT2D eigenvalue weighted by Gasteiger charge is -2.08. The molecule has 0 fully saturated rings. The molecule has 0 bridgehead atoms. The molecule has 0 amide bonds. The Labute approximate surface area is 195 Å². The number of fused-ring (bicyclic) bond motifs is 2. The third kappa shape index (κ3) is 4.25. The van der Waals surface area contributed by atoms with Crippen LogP contribution in [0.2, 0.25) is 0 Å². The molecule has 7 nitrogen and oxygen atoms in total. The Bertz CT molecular complexity index is 1440. The molecular formula is C22H18N4O3S3. The zero-order valence-corrected chi connectivity index (χ0v) is 19.5. The van der Waals surface area contributed by atoms with Gasteiger partial charge in [-0.3, -0.25) is 0 Å². The maximum Gasteiger partial charge on any atom is 0.336 e. The van der Waals surface area contributed by atoms with Crippen LogP contribution in [-0.4, -0.2) is 24.9 Å². The van der Waals surface area contributed by atoms with Gasteiger partial charge in [-0.1, -0.05) is 35.7 Å². The third-order valence-corrected chi connectivity index (χ3v) is 8.07. The van der Waals surface area contributed by atoms with Gasteiger partial charge >= 0.3 is 5.63 Å². The van der Waals surface area contributed by atoms with E-state index < -0.39 is 5.63 Å². The van der Waals surface area contributed by atoms with E-state index in [0.717, 1.165) is 38.3 Å². The first-order chi connectivity index (χ1) is 15.6. The van der Waals surface area contributed by atoms with Crippen molar-refractivity contribution in [1.82, 2.24) is 19.7 Å². The Balaban J connectivity index is 1.33. The number of para-hydroxylation sites is 1. The molecule has 0 spiro atoms. The molecule has 0 aliphatic heterocycles. The minimum atomic E-state index is -0.441. The van der Waals surface area contributed by atoms with Crippen LogP contribution in [0.1, 0.15) is 18.3 Å². The fourth-order valence-electron chi connectivity index (χ4n) is 3.37. The van der Waals surface area contributed by atoms with Crippen molar-refractivity contribution < 1.29 is 9.52 Å². The van der Waals surface area contributed by atoms with Crippen LogP contribution < -0.4 is 5.63 Å². The van der Waals surface area contributed by atoms with Gasteiger partial charge in [0.15, 0.2) is 9.50 Å². The highest BCUT2D eigenvalue weighted by Crippen LogP contribution is 2.32. The van der Waals surface area contributed by atoms with Crippen molar-refractivity contribution in [1.29, 1.82) is 0 Å². The second-order valence-corrected chi connectivity index (χ2v) is 10.1. The van der Waals surface area contributed by atoms with Crippen molar-refractivity contribution in [2.24, 2.45) is 0 Å². The van der Waals surface area contributed by atoms with E-state index in [0.29, 0.717) is 17.1 Å². The number of phenolic OH excluding ortho intramolecular Hbond substituents is 1. The van der Waals surface area contributed by atoms with Crippen molar-refractivity contribution in [3.63, 3.8) is 0 Å². The molecule has 0 atom stereocenters. The van der Waals surface area contributed by atoms with E-state index in [-0.39, 0.29) is 5.75 Å². The highest BCUT2D eigenvalue weighted by atomic mass is 32.2. The smallest absolute Gasteiger partial charge is 0.336 e. The molecule has 5 aromatic rings. The van der Waals surface area contributed by atoms with Crippen LogP contribution in [0.3, 0.4) is 0 Å². The topological polar surface area (TPSA) is 94.0 Å². The number of rotatable bonds is 7. The lowest BCUT2D eigenvalue weighted by atomic mass is 10.1. The van der Waals surface area contributed by atoms with E-state index >= 15 is 0 Å². The molecule has 32 heavy (non-hydrogen) atoms. The Morgan fingerprint density at radius 3 is 2.81 bits per heavy atom. The summed E-state index contributed by atoms with van der Waals surface area (Å²) in [6.07, 6.45) is 0. The summed E-state index contributed by atoms with van der Waals surface area (Å²) in [6, 6.07) is 14.4. The average molecular weight is 483 g/mol. The number of thioether (sulfide) groups is 2. The fourth-order valence-corrected chi connectivity index (χ4v) is 6.39. The van der Waals surface area contributed by atoms with Gasteiger partial charge in [-0.15, -0.1) is 21.5 Å². The first-order valence-corrected chi connectivity index (χ1v) is 12.7. The van der Waals surface area contributed by atoms with Gasteiger partial charge in [0.2, 0.25) is 0 Å². The normalized spacial score (nSPS) is 11.5. The number of hydrogen-bond acceptors (Lipinski definition) is 9. The summed E-state index contributed by atoms with van der Waals surface area (Å²) in [5.74, 6) is 2.17. The Morgan fingerprint density at radius 2 is 1.97 bits per heavy atom. The monoisotopic (exact) mass is 482 g/mol. The molecule has 1 N–H and O–H groups in total. The van der Waals surface area contributed by atoms with Gasteiger partial charge in [0.25, 0.3) is 0 Å². The van der Waals surface area contributed by atoms with Gasteiger partial charge < -0.3 is 14.1 Å². The summed E-state index contributed by atoms with van der Waals surface area (Å²) in [4.78, 5) is 16.6. The average Bonchev–Trinajstić information content (AvgIpc) is 3.38. The Kier molecular flexibility index (Phi) is 5.90. The number of hydrogen-bond donors (Lipinski definition) is 1. The molecule has 5 rings (SSSR count). The predicted octanol–water partition coefficient (Wildman–Crippen LogP) is 5.30. The van der Waals surface area contributed by atoms with Crippen molar-refractivity contribution in [3.8, 4) is 5.75 Å². The summed E-state index contributed by atoms with van der Waals surface area (Å²) in [7, 11) is 0. The summed E-state index contributed by atoms with van der Waals surface area (Å²) in [6.45, 7) is 2.81. The highest BCUT2D eigenvalue weighted by molar-refractivity contribution is 8.00. The van der Waals surface area contributed by atoms with Crippen LogP contribution in [-0.2, 0) is 18.1 Å². The zero-order chi connectivity index (χ0) is 22.1. The lowest BCUT2D eigenvalue weighted by molar-refractivity contribution is 0.473. The number of aromatic hydroxyl groups is 1. The maximum absolute atomic E-state index is 11.9. The molecule has 0 saturated carbocycles. The van der Waals surface area contributed by atoms with Crippen molar-refractivity contribution in [3.05, 3.63) is 70.3 Å². The van der Waals surface area contributed by atoms with E-state index in [2.05, 4.69) is 32.7 Å². The van der Waals surface area contributed by atoms with E-state index in [4.69, 9.17) is 4.42 Å². The number of phenols is 1. The van der Waals surface area contributed by atoms with Gasteiger partial charge in [-0.05, 0) is 36.8 Å². The molecule has 162 valence electrons. The summed E-state index contributed by atoms with van der Waals surface area (Å²) in [5, 5.41) is 20.0. The van der Waals surface area contributed by atoms with Crippen LogP contribution in [0.15, 0.2) is 67.2 Å². The van der Waals surface area contributed by atoms with Crippen molar-refractivity contribution >= 4 is 56.0 Å². The summed E-state index contributed by atoms with van der Waals surface area (Å²) < 4.78 is 9.49. The maximum atomic E-state index is 11.9. The zero-order valence-electron chi connectivity index (χ0n) is 17.0. The predicted molar refractivity (Wildman–Crippen MR) is 129 cm³/mol. The number of benzene rings is 2. The molecule has 3 aromatic heterocycles. The second kappa shape index (κ2) is 8.97. The number of thiazole rings is 1. The molecule has 0 aliphatic rings. The Hall–Kier alpha value is -2.82. The quantitative estimate of drug-likeness (QED) is 0.247. The van der Waals surface area contributed by atoms with Crippen LogP contribution in [0.5, 0.6) is 5.75 Å². The molecule has 10 heteroatoms. The molecule has 0 unspecified atom stereocenters. The number of nitrogens with zero attached hydrogens (tertiary/aromatic N) is 4. The Morgan fingerprint density at radius 1 is 1.09 bits per heavy atom. The SMILES string of the molecule is CCn1c(CSc2nc3ccccc3s2)nnc1SCc1cc(=O)oc2cc(O)ccc12. The van der Waals surface area contributed by atoms with E-state index in [9.17, 15) is 9.90 Å². The molecule has 0 saturated heterocycles. The van der Waals surface area contributed by atoms with Crippen molar-refractivity contribution in [2.75, 3.05) is 0 Å². The molecule has 2 aromatic carbocycles. The number of aromatic nitrogens is 4. The van der Waals surface area contributed by atoms with Crippen LogP contribution in [0.4, 0.5) is 0 Å². The van der Waals surface area contributed by atoms with Crippen molar-refractivity contribution in [2.45, 2.75) is 34.5 Å². The van der Waals surface area contributed by atoms with Gasteiger partial charge in [0.05, 0.1) is 16.0 Å². The van der Waals surface area contributed by atoms with Crippen LogP contribution >= 0.6 is 34.9 Å². The lowest BCUT2D eigenvalue weighted by Crippen LogP contribution is -2.03. The second-order valence-electron chi connectivity index (χ2n) is 6.94. The molecule has 0 aliphatic carbocycles. The molecule has 3 heterocycles. The highest BCUT2D eigenvalue weighted by Gasteiger charge is 2.15. The molecule has 0 radical (unpaired) electrons. The van der Waals surface area contributed by atoms with Gasteiger partial charge in [0.1, 0.15) is 17.2 Å². The van der Waals surface area contributed by atoms with Gasteiger partial charge in [-0.25, -0.2) is 9.78 Å². The molecular weight excluding hydrogens is 464 g/mol. The van der Waals surface area contributed by atoms with Crippen LogP contribution in [0, 0.1) is 0 Å². The van der Waals surface area contributed by atoms with E-state index in [1.165, 1.54) is 28.6 Å². The van der Waals surface area contributed by atoms with Crippen LogP contribution in [0.25, 0.3) is 21.2 Å². The van der Waals surface area contributed by atoms with E-state index in [1.54, 1.807) is 35.2 Å². The van der Waals surface area contributed by atoms with Gasteiger partial charge in [0, 0.05) is 29.8 Å². The van der Waals surface area contributed by atoms with E-state index in [1.807, 2.05) is 18.2 Å². The first kappa shape index (κ1) is 21.0. The standard InChI is InChI=1S/C22H18N4O3S3/c1-2-26-19(12-31-22-23-16-5-3-4-6-18(16)32-22)24-25-21(26)30-11-13-9-20(28)29-17-10-14(27)7-8-15(13)17/h3-10,27H,2,11-12H2,1H3. The largest absolute Gasteiger partial charge is 0.508 e. The fraction of sp³-hybridized carbons (Fsp3) is 0.182. The third-order valence-electron chi connectivity index (χ3n) is 4.88. The summed E-state index contributed by atoms with van der Waals surface area (Å²) >= 11 is 4.86.